The van der Waals surface area contributed by atoms with E-state index < -0.39 is 25.8 Å². The fourth-order valence-electron chi connectivity index (χ4n) is 12.9. The minimum absolute atomic E-state index is 0.00356. The molecule has 0 N–H and O–H groups in total. The van der Waals surface area contributed by atoms with Gasteiger partial charge in [-0.2, -0.15) is 0 Å². The van der Waals surface area contributed by atoms with E-state index in [1.54, 1.807) is 0 Å². The molecule has 0 aliphatic carbocycles. The van der Waals surface area contributed by atoms with Crippen molar-refractivity contribution in [1.29, 1.82) is 0 Å². The Bertz CT molecular complexity index is 2300. The van der Waals surface area contributed by atoms with Crippen LogP contribution in [0.1, 0.15) is 410 Å². The molecule has 3 rings (SSSR count). The number of hydrogen-bond donors (Lipinski definition) is 0. The van der Waals surface area contributed by atoms with Crippen molar-refractivity contribution >= 4 is 25.8 Å². The average Bonchev–Trinajstić information content (AvgIpc) is 0.768. The van der Waals surface area contributed by atoms with Gasteiger partial charge in [-0.25, -0.2) is 0 Å². The summed E-state index contributed by atoms with van der Waals surface area (Å²) in [6.07, 6.45) is 44.2. The molecule has 0 spiro atoms. The van der Waals surface area contributed by atoms with Crippen LogP contribution in [0.3, 0.4) is 0 Å². The zero-order valence-electron chi connectivity index (χ0n) is 66.5. The summed E-state index contributed by atoms with van der Waals surface area (Å²) in [5.41, 5.74) is 10.3. The molecule has 0 amide bonds. The molecule has 0 radical (unpaired) electrons. The molecule has 560 valence electrons. The highest BCUT2D eigenvalue weighted by molar-refractivity contribution is 7.42. The Balaban J connectivity index is 2.30. The van der Waals surface area contributed by atoms with Crippen molar-refractivity contribution in [2.45, 2.75) is 397 Å². The molecule has 0 saturated carbocycles. The van der Waals surface area contributed by atoms with Gasteiger partial charge in [-0.05, 0) is 139 Å². The van der Waals surface area contributed by atoms with Gasteiger partial charge in [0.05, 0.1) is 39.6 Å². The second-order valence-corrected chi connectivity index (χ2v) is 35.0. The molecule has 3 aromatic carbocycles. The van der Waals surface area contributed by atoms with E-state index in [1.807, 2.05) is 0 Å². The molecule has 1 atom stereocenters. The van der Waals surface area contributed by atoms with E-state index in [4.69, 9.17) is 40.7 Å². The van der Waals surface area contributed by atoms with Crippen molar-refractivity contribution < 1.29 is 40.7 Å². The molecule has 0 saturated heterocycles. The molecule has 3 aromatic rings. The highest BCUT2D eigenvalue weighted by atomic mass is 31.2. The van der Waals surface area contributed by atoms with Gasteiger partial charge in [0.25, 0.3) is 0 Å². The summed E-state index contributed by atoms with van der Waals surface area (Å²) in [4.78, 5) is 0. The summed E-state index contributed by atoms with van der Waals surface area (Å²) in [6.45, 7) is 47.7. The molecule has 12 heteroatoms. The van der Waals surface area contributed by atoms with Gasteiger partial charge in [0, 0.05) is 22.6 Å². The predicted molar refractivity (Wildman–Crippen MR) is 423 cm³/mol. The number of benzene rings is 3. The van der Waals surface area contributed by atoms with E-state index in [1.165, 1.54) is 193 Å². The van der Waals surface area contributed by atoms with Gasteiger partial charge in [-0.3, -0.25) is 0 Å². The summed E-state index contributed by atoms with van der Waals surface area (Å²) in [5, 5.41) is 0. The third-order valence-electron chi connectivity index (χ3n) is 19.1. The third kappa shape index (κ3) is 37.4. The Morgan fingerprint density at radius 2 is 0.474 bits per heavy atom. The highest BCUT2D eigenvalue weighted by Gasteiger charge is 2.33. The first kappa shape index (κ1) is 89.3. The summed E-state index contributed by atoms with van der Waals surface area (Å²) in [6, 6.07) is 14.4. The molecule has 97 heavy (non-hydrogen) atoms. The van der Waals surface area contributed by atoms with Crippen LogP contribution in [0, 0.1) is 20.8 Å². The molecular weight excluding hydrogens is 1260 g/mol. The Kier molecular flexibility index (Phi) is 48.0. The lowest BCUT2D eigenvalue weighted by Gasteiger charge is -2.33. The van der Waals surface area contributed by atoms with Crippen LogP contribution in [-0.2, 0) is 43.4 Å². The largest absolute Gasteiger partial charge is 0.426 e. The quantitative estimate of drug-likeness (QED) is 0.0405. The SMILES string of the molecule is CCCCCCCCOP(OCCCCCCCC)Oc1cc(C)c(C(C)CC(c2cc(C(C)(C)C)c(OP(OCCCCCCCC)OCCCCCCCC)cc2C)c2cc(C(C)(C)C)c(OP(OCCCCCCCC)OCCCCCCCC)cc2C)cc1C(C)(C)C. The molecule has 0 heterocycles. The molecule has 0 aromatic heterocycles. The fraction of sp³-hybridized carbons (Fsp3) is 0.788. The molecule has 0 bridgehead atoms. The standard InChI is InChI=1S/C85H151O9P3/c1-20-26-32-38-44-50-56-86-95(87-57-51-45-39-33-27-21-2)92-80-63-70(8)73(66-77(80)83(11,12)13)69(7)62-76(74-67-78(84(14,15)16)81(64-71(74)9)93-96(88-58-52-46-40-34-28-22-3)89-59-53-47-41-35-29-23-4)75-68-79(85(17,18)19)82(65-72(75)10)94-97(90-60-54-48-42-36-30-24-5)91-61-55-49-43-37-31-25-6/h63-69,76H,20-62H2,1-19H3. The first-order chi connectivity index (χ1) is 46.5. The number of aryl methyl sites for hydroxylation is 3. The number of unbranched alkanes of at least 4 members (excludes halogenated alkanes) is 30. The van der Waals surface area contributed by atoms with E-state index in [0.29, 0.717) is 39.6 Å². The maximum atomic E-state index is 7.13. The van der Waals surface area contributed by atoms with Crippen LogP contribution < -0.4 is 13.6 Å². The smallest absolute Gasteiger partial charge is 0.397 e. The first-order valence-electron chi connectivity index (χ1n) is 40.2. The molecule has 0 aliphatic heterocycles. The second kappa shape index (κ2) is 52.1. The summed E-state index contributed by atoms with van der Waals surface area (Å²) in [5.74, 6) is 2.73. The summed E-state index contributed by atoms with van der Waals surface area (Å²) < 4.78 is 61.2. The van der Waals surface area contributed by atoms with E-state index in [-0.39, 0.29) is 28.1 Å². The monoisotopic (exact) mass is 1410 g/mol. The lowest BCUT2D eigenvalue weighted by Crippen LogP contribution is -2.19. The van der Waals surface area contributed by atoms with Crippen molar-refractivity contribution in [3.8, 4) is 17.2 Å². The van der Waals surface area contributed by atoms with Crippen molar-refractivity contribution in [3.63, 3.8) is 0 Å². The predicted octanol–water partition coefficient (Wildman–Crippen LogP) is 29.9. The van der Waals surface area contributed by atoms with E-state index in [9.17, 15) is 0 Å². The van der Waals surface area contributed by atoms with Gasteiger partial charge in [-0.1, -0.05) is 322 Å². The first-order valence-corrected chi connectivity index (χ1v) is 43.5. The molecule has 0 fully saturated rings. The zero-order valence-corrected chi connectivity index (χ0v) is 69.2. The van der Waals surface area contributed by atoms with Crippen molar-refractivity contribution in [2.24, 2.45) is 0 Å². The van der Waals surface area contributed by atoms with Gasteiger partial charge in [0.2, 0.25) is 0 Å². The molecular formula is C85H151O9P3. The second-order valence-electron chi connectivity index (χ2n) is 31.6. The minimum atomic E-state index is -1.63. The lowest BCUT2D eigenvalue weighted by atomic mass is 9.74. The van der Waals surface area contributed by atoms with Gasteiger partial charge in [0.1, 0.15) is 17.2 Å². The van der Waals surface area contributed by atoms with Gasteiger partial charge < -0.3 is 40.7 Å². The third-order valence-corrected chi connectivity index (χ3v) is 22.5. The number of hydrogen-bond acceptors (Lipinski definition) is 9. The number of rotatable bonds is 59. The van der Waals surface area contributed by atoms with E-state index in [0.717, 1.165) is 112 Å². The maximum Gasteiger partial charge on any atom is 0.397 e. The van der Waals surface area contributed by atoms with Crippen LogP contribution in [0.15, 0.2) is 36.4 Å². The van der Waals surface area contributed by atoms with E-state index >= 15 is 0 Å². The Labute approximate surface area is 603 Å². The van der Waals surface area contributed by atoms with Crippen molar-refractivity contribution in [2.75, 3.05) is 39.6 Å². The van der Waals surface area contributed by atoms with Gasteiger partial charge >= 0.3 is 25.8 Å². The average molecular weight is 1410 g/mol. The lowest BCUT2D eigenvalue weighted by molar-refractivity contribution is 0.197. The summed E-state index contributed by atoms with van der Waals surface area (Å²) >= 11 is 0. The normalized spacial score (nSPS) is 12.8. The fourth-order valence-corrected chi connectivity index (χ4v) is 16.0. The van der Waals surface area contributed by atoms with Crippen LogP contribution in [0.2, 0.25) is 0 Å². The molecule has 1 unspecified atom stereocenters. The Morgan fingerprint density at radius 1 is 0.278 bits per heavy atom. The van der Waals surface area contributed by atoms with Crippen LogP contribution >= 0.6 is 25.8 Å². The maximum absolute atomic E-state index is 7.13. The van der Waals surface area contributed by atoms with Crippen LogP contribution in [0.25, 0.3) is 0 Å². The Hall–Kier alpha value is -1.89. The topological polar surface area (TPSA) is 83.1 Å². The molecule has 0 aliphatic rings. The minimum Gasteiger partial charge on any atom is -0.426 e. The summed E-state index contributed by atoms with van der Waals surface area (Å²) in [7, 11) is -4.86. The highest BCUT2D eigenvalue weighted by Crippen LogP contribution is 2.52. The van der Waals surface area contributed by atoms with Crippen LogP contribution in [0.4, 0.5) is 0 Å². The van der Waals surface area contributed by atoms with E-state index in [2.05, 4.69) is 168 Å². The van der Waals surface area contributed by atoms with Gasteiger partial charge in [0.15, 0.2) is 0 Å². The van der Waals surface area contributed by atoms with Crippen LogP contribution in [0.5, 0.6) is 17.2 Å². The van der Waals surface area contributed by atoms with Crippen molar-refractivity contribution in [3.05, 3.63) is 86.5 Å². The molecule has 9 nitrogen and oxygen atoms in total. The Morgan fingerprint density at radius 3 is 0.691 bits per heavy atom. The van der Waals surface area contributed by atoms with Gasteiger partial charge in [-0.15, -0.1) is 0 Å². The van der Waals surface area contributed by atoms with Crippen molar-refractivity contribution in [1.82, 2.24) is 0 Å². The van der Waals surface area contributed by atoms with Crippen LogP contribution in [-0.4, -0.2) is 39.6 Å². The zero-order chi connectivity index (χ0) is 71.3.